The number of rotatable bonds is 8. The van der Waals surface area contributed by atoms with Crippen LogP contribution in [0.3, 0.4) is 0 Å². The summed E-state index contributed by atoms with van der Waals surface area (Å²) in [5, 5.41) is 7.41. The minimum Gasteiger partial charge on any atom is -0.481 e. The van der Waals surface area contributed by atoms with E-state index < -0.39 is 6.10 Å². The van der Waals surface area contributed by atoms with E-state index in [1.54, 1.807) is 35.9 Å². The van der Waals surface area contributed by atoms with E-state index in [1.807, 2.05) is 18.2 Å². The van der Waals surface area contributed by atoms with Crippen LogP contribution in [0.2, 0.25) is 0 Å². The number of ether oxygens (including phenoxy) is 1. The maximum absolute atomic E-state index is 13.1. The Labute approximate surface area is 183 Å². The summed E-state index contributed by atoms with van der Waals surface area (Å²) in [6.07, 6.45) is 2.26. The minimum atomic E-state index is -0.649. The van der Waals surface area contributed by atoms with Crippen LogP contribution in [0.15, 0.2) is 71.9 Å². The van der Waals surface area contributed by atoms with Crippen LogP contribution in [0, 0.1) is 5.82 Å². The van der Waals surface area contributed by atoms with Crippen molar-refractivity contribution in [1.29, 1.82) is 0 Å². The highest BCUT2D eigenvalue weighted by Crippen LogP contribution is 2.11. The highest BCUT2D eigenvalue weighted by atomic mass is 19.1. The molecule has 0 aliphatic carbocycles. The zero-order valence-corrected chi connectivity index (χ0v) is 17.4. The van der Waals surface area contributed by atoms with Crippen molar-refractivity contribution in [3.63, 3.8) is 0 Å². The second-order valence-electron chi connectivity index (χ2n) is 7.27. The van der Waals surface area contributed by atoms with Crippen LogP contribution >= 0.6 is 0 Å². The molecule has 2 aromatic heterocycles. The van der Waals surface area contributed by atoms with Crippen LogP contribution in [0.1, 0.15) is 12.5 Å². The third-order valence-electron chi connectivity index (χ3n) is 4.94. The SMILES string of the molecule is C[C@H](Oc1ccccc1)C(=O)NCCn1ncc2c(=O)n(Cc3ccc(F)cc3)cnc21. The van der Waals surface area contributed by atoms with Gasteiger partial charge in [0.1, 0.15) is 23.3 Å². The summed E-state index contributed by atoms with van der Waals surface area (Å²) < 4.78 is 21.7. The Bertz CT molecular complexity index is 1270. The summed E-state index contributed by atoms with van der Waals surface area (Å²) >= 11 is 0. The molecule has 0 saturated carbocycles. The van der Waals surface area contributed by atoms with Gasteiger partial charge in [-0.1, -0.05) is 30.3 Å². The highest BCUT2D eigenvalue weighted by molar-refractivity contribution is 5.80. The van der Waals surface area contributed by atoms with Crippen molar-refractivity contribution >= 4 is 16.9 Å². The maximum atomic E-state index is 13.1. The fraction of sp³-hybridized carbons (Fsp3) is 0.217. The zero-order chi connectivity index (χ0) is 22.5. The topological polar surface area (TPSA) is 91.0 Å². The lowest BCUT2D eigenvalue weighted by molar-refractivity contribution is -0.127. The first kappa shape index (κ1) is 21.2. The van der Waals surface area contributed by atoms with Gasteiger partial charge in [0, 0.05) is 6.54 Å². The molecule has 1 amide bonds. The van der Waals surface area contributed by atoms with Crippen molar-refractivity contribution in [2.75, 3.05) is 6.54 Å². The van der Waals surface area contributed by atoms with Gasteiger partial charge in [0.15, 0.2) is 11.8 Å². The summed E-state index contributed by atoms with van der Waals surface area (Å²) in [6, 6.07) is 15.1. The largest absolute Gasteiger partial charge is 0.481 e. The van der Waals surface area contributed by atoms with E-state index in [9.17, 15) is 14.0 Å². The van der Waals surface area contributed by atoms with Crippen molar-refractivity contribution in [2.24, 2.45) is 0 Å². The molecule has 4 rings (SSSR count). The van der Waals surface area contributed by atoms with Gasteiger partial charge in [-0.25, -0.2) is 14.1 Å². The third kappa shape index (κ3) is 4.83. The summed E-state index contributed by atoms with van der Waals surface area (Å²) in [7, 11) is 0. The number of amides is 1. The Hall–Kier alpha value is -4.01. The van der Waals surface area contributed by atoms with Crippen molar-refractivity contribution in [3.8, 4) is 5.75 Å². The normalized spacial score (nSPS) is 11.9. The van der Waals surface area contributed by atoms with Crippen molar-refractivity contribution in [1.82, 2.24) is 24.6 Å². The molecule has 0 unspecified atom stereocenters. The third-order valence-corrected chi connectivity index (χ3v) is 4.94. The molecule has 32 heavy (non-hydrogen) atoms. The molecule has 1 atom stereocenters. The summed E-state index contributed by atoms with van der Waals surface area (Å²) in [6.45, 7) is 2.61. The van der Waals surface area contributed by atoms with E-state index in [0.29, 0.717) is 29.9 Å². The standard InChI is InChI=1S/C23H22FN5O3/c1-16(32-19-5-3-2-4-6-19)22(30)25-11-12-29-21-20(13-27-29)23(31)28(15-26-21)14-17-7-9-18(24)10-8-17/h2-10,13,15-16H,11-12,14H2,1H3,(H,25,30)/t16-/m0/s1. The van der Waals surface area contributed by atoms with Gasteiger partial charge in [0.2, 0.25) is 0 Å². The Morgan fingerprint density at radius 1 is 1.16 bits per heavy atom. The molecule has 9 heteroatoms. The lowest BCUT2D eigenvalue weighted by Crippen LogP contribution is -2.38. The van der Waals surface area contributed by atoms with E-state index in [0.717, 1.165) is 5.56 Å². The smallest absolute Gasteiger partial charge is 0.264 e. The number of nitrogens with one attached hydrogen (secondary N) is 1. The lowest BCUT2D eigenvalue weighted by Gasteiger charge is -2.14. The van der Waals surface area contributed by atoms with E-state index >= 15 is 0 Å². The molecule has 8 nitrogen and oxygen atoms in total. The van der Waals surface area contributed by atoms with Gasteiger partial charge in [-0.2, -0.15) is 5.10 Å². The molecule has 4 aromatic rings. The number of carbonyl (C=O) groups is 1. The van der Waals surface area contributed by atoms with Crippen molar-refractivity contribution < 1.29 is 13.9 Å². The molecule has 1 N–H and O–H groups in total. The first-order valence-corrected chi connectivity index (χ1v) is 10.2. The first-order valence-electron chi connectivity index (χ1n) is 10.2. The number of hydrogen-bond donors (Lipinski definition) is 1. The fourth-order valence-corrected chi connectivity index (χ4v) is 3.25. The van der Waals surface area contributed by atoms with Gasteiger partial charge >= 0.3 is 0 Å². The second kappa shape index (κ2) is 9.42. The molecule has 2 heterocycles. The molecule has 0 aliphatic heterocycles. The Balaban J connectivity index is 1.37. The first-order chi connectivity index (χ1) is 15.5. The molecule has 0 bridgehead atoms. The van der Waals surface area contributed by atoms with Crippen molar-refractivity contribution in [3.05, 3.63) is 88.9 Å². The second-order valence-corrected chi connectivity index (χ2v) is 7.27. The average Bonchev–Trinajstić information content (AvgIpc) is 3.21. The molecule has 0 aliphatic rings. The van der Waals surface area contributed by atoms with E-state index in [4.69, 9.17) is 4.74 Å². The summed E-state index contributed by atoms with van der Waals surface area (Å²) in [4.78, 5) is 29.4. The number of halogens is 1. The van der Waals surface area contributed by atoms with Gasteiger partial charge in [0.05, 0.1) is 19.3 Å². The summed E-state index contributed by atoms with van der Waals surface area (Å²) in [5.74, 6) is 0.0401. The number of benzene rings is 2. The predicted molar refractivity (Wildman–Crippen MR) is 117 cm³/mol. The molecule has 0 spiro atoms. The van der Waals surface area contributed by atoms with Crippen molar-refractivity contribution in [2.45, 2.75) is 26.1 Å². The number of nitrogens with zero attached hydrogens (tertiary/aromatic N) is 4. The fourth-order valence-electron chi connectivity index (χ4n) is 3.25. The van der Waals surface area contributed by atoms with E-state index in [2.05, 4.69) is 15.4 Å². The molecule has 0 fully saturated rings. The average molecular weight is 435 g/mol. The predicted octanol–water partition coefficient (Wildman–Crippen LogP) is 2.36. The number of carbonyl (C=O) groups excluding carboxylic acids is 1. The van der Waals surface area contributed by atoms with Crippen LogP contribution < -0.4 is 15.6 Å². The Morgan fingerprint density at radius 2 is 1.91 bits per heavy atom. The van der Waals surface area contributed by atoms with Crippen LogP contribution in [0.4, 0.5) is 4.39 Å². The van der Waals surface area contributed by atoms with Crippen LogP contribution in [-0.4, -0.2) is 37.9 Å². The van der Waals surface area contributed by atoms with Crippen LogP contribution in [0.5, 0.6) is 5.75 Å². The molecular formula is C23H22FN5O3. The number of aromatic nitrogens is 4. The number of hydrogen-bond acceptors (Lipinski definition) is 5. The summed E-state index contributed by atoms with van der Waals surface area (Å²) in [5.41, 5.74) is 0.990. The minimum absolute atomic E-state index is 0.237. The molecule has 164 valence electrons. The van der Waals surface area contributed by atoms with Gasteiger partial charge in [0.25, 0.3) is 11.5 Å². The molecule has 2 aromatic carbocycles. The molecule has 0 radical (unpaired) electrons. The van der Waals surface area contributed by atoms with Crippen LogP contribution in [-0.2, 0) is 17.9 Å². The van der Waals surface area contributed by atoms with Crippen LogP contribution in [0.25, 0.3) is 11.0 Å². The Morgan fingerprint density at radius 3 is 2.66 bits per heavy atom. The van der Waals surface area contributed by atoms with Gasteiger partial charge < -0.3 is 10.1 Å². The quantitative estimate of drug-likeness (QED) is 0.459. The van der Waals surface area contributed by atoms with E-state index in [1.165, 1.54) is 29.2 Å². The Kier molecular flexibility index (Phi) is 6.25. The highest BCUT2D eigenvalue weighted by Gasteiger charge is 2.15. The number of para-hydroxylation sites is 1. The van der Waals surface area contributed by atoms with E-state index in [-0.39, 0.29) is 23.8 Å². The van der Waals surface area contributed by atoms with Gasteiger partial charge in [-0.3, -0.25) is 14.2 Å². The van der Waals surface area contributed by atoms with Gasteiger partial charge in [-0.05, 0) is 36.8 Å². The van der Waals surface area contributed by atoms with Gasteiger partial charge in [-0.15, -0.1) is 0 Å². The number of fused-ring (bicyclic) bond motifs is 1. The lowest BCUT2D eigenvalue weighted by atomic mass is 10.2. The monoisotopic (exact) mass is 435 g/mol. The maximum Gasteiger partial charge on any atom is 0.264 e. The zero-order valence-electron chi connectivity index (χ0n) is 17.4. The molecular weight excluding hydrogens is 413 g/mol. The molecule has 0 saturated heterocycles.